The Morgan fingerprint density at radius 2 is 1.92 bits per heavy atom. The van der Waals surface area contributed by atoms with Crippen molar-refractivity contribution in [3.05, 3.63) is 82.0 Å². The van der Waals surface area contributed by atoms with Gasteiger partial charge in [-0.15, -0.1) is 0 Å². The van der Waals surface area contributed by atoms with Crippen molar-refractivity contribution in [2.24, 2.45) is 0 Å². The molecule has 4 heterocycles. The van der Waals surface area contributed by atoms with Gasteiger partial charge in [-0.1, -0.05) is 6.07 Å². The number of carbonyl (C=O) groups excluding carboxylic acids is 1. The highest BCUT2D eigenvalue weighted by atomic mass is 16.3. The summed E-state index contributed by atoms with van der Waals surface area (Å²) in [7, 11) is 0. The number of aliphatic hydroxyl groups is 1. The maximum absolute atomic E-state index is 13.3. The largest absolute Gasteiger partial charge is 0.390 e. The SMILES string of the molecule is N#Cc1cnn2c(-c3cc(NC45CCC(O)(CC4)CC5)c(C(=O)NCc4ccc[nH]c4=O)cn3)ccc2c1. The molecule has 3 aliphatic carbocycles. The highest BCUT2D eigenvalue weighted by Crippen LogP contribution is 2.48. The minimum atomic E-state index is -0.575. The van der Waals surface area contributed by atoms with Gasteiger partial charge in [0.25, 0.3) is 11.5 Å². The van der Waals surface area contributed by atoms with Crippen molar-refractivity contribution in [3.63, 3.8) is 0 Å². The zero-order valence-electron chi connectivity index (χ0n) is 20.7. The van der Waals surface area contributed by atoms with Gasteiger partial charge in [-0.2, -0.15) is 10.4 Å². The lowest BCUT2D eigenvalue weighted by atomic mass is 9.63. The standard InChI is InChI=1S/C28H27N7O3/c29-14-18-12-20-3-4-24(35(20)33-15-18)23-13-22(34-27-5-8-28(38,9-6-27)10-7-27)21(17-31-23)26(37)32-16-19-2-1-11-30-25(19)36/h1-4,11-13,15,17,38H,5-10,16H2,(H,30,36)(H,31,34)(H,32,37). The molecule has 0 saturated heterocycles. The van der Waals surface area contributed by atoms with Gasteiger partial charge < -0.3 is 20.7 Å². The van der Waals surface area contributed by atoms with Crippen LogP contribution in [0.3, 0.4) is 0 Å². The number of fused-ring (bicyclic) bond motifs is 4. The first-order valence-electron chi connectivity index (χ1n) is 12.7. The van der Waals surface area contributed by atoms with Crippen LogP contribution in [0.5, 0.6) is 0 Å². The van der Waals surface area contributed by atoms with Crippen LogP contribution in [0.1, 0.15) is 60.0 Å². The Morgan fingerprint density at radius 3 is 2.66 bits per heavy atom. The number of aromatic nitrogens is 4. The topological polar surface area (TPSA) is 148 Å². The van der Waals surface area contributed by atoms with Crippen molar-refractivity contribution >= 4 is 17.1 Å². The van der Waals surface area contributed by atoms with Crippen LogP contribution in [-0.4, -0.2) is 41.7 Å². The number of rotatable bonds is 6. The van der Waals surface area contributed by atoms with Crippen molar-refractivity contribution in [2.45, 2.75) is 56.2 Å². The molecule has 0 atom stereocenters. The first kappa shape index (κ1) is 23.9. The van der Waals surface area contributed by atoms with E-state index in [0.717, 1.165) is 49.7 Å². The molecule has 0 unspecified atom stereocenters. The first-order chi connectivity index (χ1) is 18.4. The molecule has 0 radical (unpaired) electrons. The molecular formula is C28H27N7O3. The molecule has 4 N–H and O–H groups in total. The van der Waals surface area contributed by atoms with Crippen LogP contribution in [0.4, 0.5) is 5.69 Å². The molecule has 0 aliphatic heterocycles. The first-order valence-corrected chi connectivity index (χ1v) is 12.7. The van der Waals surface area contributed by atoms with Gasteiger partial charge in [-0.3, -0.25) is 14.6 Å². The highest BCUT2D eigenvalue weighted by molar-refractivity contribution is 6.00. The number of carbonyl (C=O) groups is 1. The van der Waals surface area contributed by atoms with Gasteiger partial charge in [0.2, 0.25) is 0 Å². The summed E-state index contributed by atoms with van der Waals surface area (Å²) in [6.07, 6.45) is 9.22. The quantitative estimate of drug-likeness (QED) is 0.312. The zero-order valence-corrected chi connectivity index (χ0v) is 20.7. The van der Waals surface area contributed by atoms with E-state index in [1.165, 1.54) is 6.20 Å². The molecule has 10 nitrogen and oxygen atoms in total. The highest BCUT2D eigenvalue weighted by Gasteiger charge is 2.48. The van der Waals surface area contributed by atoms with Crippen LogP contribution in [0.25, 0.3) is 16.9 Å². The predicted octanol–water partition coefficient (Wildman–Crippen LogP) is 3.14. The molecule has 7 rings (SSSR count). The van der Waals surface area contributed by atoms with E-state index in [0.29, 0.717) is 28.1 Å². The van der Waals surface area contributed by atoms with Crippen molar-refractivity contribution in [3.8, 4) is 17.5 Å². The van der Waals surface area contributed by atoms with E-state index in [-0.39, 0.29) is 23.6 Å². The average molecular weight is 510 g/mol. The van der Waals surface area contributed by atoms with E-state index >= 15 is 0 Å². The summed E-state index contributed by atoms with van der Waals surface area (Å²) < 4.78 is 1.72. The average Bonchev–Trinajstić information content (AvgIpc) is 3.36. The third-order valence-electron chi connectivity index (χ3n) is 7.99. The fourth-order valence-electron chi connectivity index (χ4n) is 5.64. The number of nitriles is 1. The van der Waals surface area contributed by atoms with Gasteiger partial charge in [0, 0.05) is 30.0 Å². The zero-order chi connectivity index (χ0) is 26.3. The Bertz CT molecular complexity index is 1620. The molecule has 1 amide bonds. The second-order valence-electron chi connectivity index (χ2n) is 10.4. The Hall–Kier alpha value is -4.49. The van der Waals surface area contributed by atoms with Gasteiger partial charge in [-0.05, 0) is 68.9 Å². The molecule has 3 fully saturated rings. The maximum atomic E-state index is 13.3. The summed E-state index contributed by atoms with van der Waals surface area (Å²) in [5.74, 6) is -0.342. The molecule has 192 valence electrons. The van der Waals surface area contributed by atoms with Crippen LogP contribution >= 0.6 is 0 Å². The number of hydrogen-bond donors (Lipinski definition) is 4. The number of aromatic amines is 1. The number of hydrogen-bond acceptors (Lipinski definition) is 7. The number of nitrogens with one attached hydrogen (secondary N) is 3. The van der Waals surface area contributed by atoms with Crippen molar-refractivity contribution in [1.82, 2.24) is 24.9 Å². The Morgan fingerprint density at radius 1 is 1.13 bits per heavy atom. The summed E-state index contributed by atoms with van der Waals surface area (Å²) in [6.45, 7) is 0.0862. The van der Waals surface area contributed by atoms with E-state index in [9.17, 15) is 20.0 Å². The third-order valence-corrected chi connectivity index (χ3v) is 7.99. The number of pyridine rings is 2. The van der Waals surface area contributed by atoms with E-state index in [2.05, 4.69) is 31.8 Å². The van der Waals surface area contributed by atoms with Crippen molar-refractivity contribution in [2.75, 3.05) is 5.32 Å². The number of H-pyrrole nitrogens is 1. The molecule has 3 saturated carbocycles. The minimum Gasteiger partial charge on any atom is -0.390 e. The number of amides is 1. The minimum absolute atomic E-state index is 0.0862. The molecule has 0 aromatic carbocycles. The summed E-state index contributed by atoms with van der Waals surface area (Å²) in [6, 6.07) is 12.9. The fraction of sp³-hybridized carbons (Fsp3) is 0.321. The summed E-state index contributed by atoms with van der Waals surface area (Å²) in [5, 5.41) is 30.8. The van der Waals surface area contributed by atoms with E-state index in [4.69, 9.17) is 0 Å². The van der Waals surface area contributed by atoms with Gasteiger partial charge in [0.15, 0.2) is 0 Å². The summed E-state index contributed by atoms with van der Waals surface area (Å²) in [4.78, 5) is 32.6. The lowest BCUT2D eigenvalue weighted by molar-refractivity contribution is -0.0580. The van der Waals surface area contributed by atoms with Gasteiger partial charge in [-0.25, -0.2) is 4.52 Å². The van der Waals surface area contributed by atoms with Crippen LogP contribution in [0.2, 0.25) is 0 Å². The fourth-order valence-corrected chi connectivity index (χ4v) is 5.64. The second kappa shape index (κ2) is 9.11. The van der Waals surface area contributed by atoms with Crippen LogP contribution in [-0.2, 0) is 6.54 Å². The molecular weight excluding hydrogens is 482 g/mol. The number of nitrogens with zero attached hydrogens (tertiary/aromatic N) is 4. The van der Waals surface area contributed by atoms with E-state index in [1.54, 1.807) is 35.1 Å². The van der Waals surface area contributed by atoms with Crippen LogP contribution in [0, 0.1) is 11.3 Å². The molecule has 3 aliphatic rings. The Kier molecular flexibility index (Phi) is 5.73. The van der Waals surface area contributed by atoms with Crippen LogP contribution < -0.4 is 16.2 Å². The molecule has 4 aromatic rings. The van der Waals surface area contributed by atoms with Crippen LogP contribution in [0.15, 0.2) is 59.8 Å². The summed E-state index contributed by atoms with van der Waals surface area (Å²) >= 11 is 0. The molecule has 0 spiro atoms. The molecule has 2 bridgehead atoms. The normalized spacial score (nSPS) is 22.2. The van der Waals surface area contributed by atoms with Gasteiger partial charge in [0.1, 0.15) is 6.07 Å². The lowest BCUT2D eigenvalue weighted by Gasteiger charge is -2.51. The predicted molar refractivity (Wildman–Crippen MR) is 140 cm³/mol. The lowest BCUT2D eigenvalue weighted by Crippen LogP contribution is -2.54. The van der Waals surface area contributed by atoms with Crippen molar-refractivity contribution in [1.29, 1.82) is 5.26 Å². The monoisotopic (exact) mass is 509 g/mol. The van der Waals surface area contributed by atoms with E-state index < -0.39 is 5.60 Å². The van der Waals surface area contributed by atoms with Gasteiger partial charge >= 0.3 is 0 Å². The van der Waals surface area contributed by atoms with E-state index in [1.807, 2.05) is 18.2 Å². The van der Waals surface area contributed by atoms with Gasteiger partial charge in [0.05, 0.1) is 45.5 Å². The smallest absolute Gasteiger partial charge is 0.255 e. The molecule has 10 heteroatoms. The Labute approximate surface area is 218 Å². The third kappa shape index (κ3) is 4.31. The molecule has 4 aromatic heterocycles. The second-order valence-corrected chi connectivity index (χ2v) is 10.4. The van der Waals surface area contributed by atoms with Crippen molar-refractivity contribution < 1.29 is 9.90 Å². The summed E-state index contributed by atoms with van der Waals surface area (Å²) in [5.41, 5.74) is 3.04. The Balaban J connectivity index is 1.35. The molecule has 38 heavy (non-hydrogen) atoms. The maximum Gasteiger partial charge on any atom is 0.255 e. The number of anilines is 1.